The summed E-state index contributed by atoms with van der Waals surface area (Å²) in [7, 11) is -1.42. The first-order valence-corrected chi connectivity index (χ1v) is 8.14. The maximum Gasteiger partial charge on any atom is 0.132 e. The van der Waals surface area contributed by atoms with Gasteiger partial charge in [-0.15, -0.1) is 0 Å². The van der Waals surface area contributed by atoms with Crippen LogP contribution in [-0.4, -0.2) is 4.21 Å². The lowest BCUT2D eigenvalue weighted by molar-refractivity contribution is 0.626. The quantitative estimate of drug-likeness (QED) is 0.667. The standard InChI is InChI=1S/C19H15FOS/c1-14-10-12-16(13-11-14)22(21)18-9-5-8-17(20)19(18)15-6-3-2-4-7-15/h2-13H,1H3. The molecule has 0 N–H and O–H groups in total. The normalized spacial score (nSPS) is 12.1. The first-order valence-electron chi connectivity index (χ1n) is 6.99. The molecule has 0 heterocycles. The van der Waals surface area contributed by atoms with Gasteiger partial charge in [-0.05, 0) is 36.8 Å². The minimum absolute atomic E-state index is 0.357. The van der Waals surface area contributed by atoms with Crippen molar-refractivity contribution >= 4 is 10.8 Å². The first kappa shape index (κ1) is 14.7. The van der Waals surface area contributed by atoms with Gasteiger partial charge >= 0.3 is 0 Å². The molecular formula is C19H15FOS. The molecule has 0 saturated heterocycles. The van der Waals surface area contributed by atoms with E-state index in [1.165, 1.54) is 6.07 Å². The van der Waals surface area contributed by atoms with E-state index in [0.29, 0.717) is 15.4 Å². The van der Waals surface area contributed by atoms with Crippen molar-refractivity contribution in [3.8, 4) is 11.1 Å². The molecule has 110 valence electrons. The molecule has 0 spiro atoms. The Kier molecular flexibility index (Phi) is 4.16. The fraction of sp³-hybridized carbons (Fsp3) is 0.0526. The molecule has 3 heteroatoms. The summed E-state index contributed by atoms with van der Waals surface area (Å²) in [6.07, 6.45) is 0. The summed E-state index contributed by atoms with van der Waals surface area (Å²) in [6, 6.07) is 21.4. The van der Waals surface area contributed by atoms with Gasteiger partial charge in [0.25, 0.3) is 0 Å². The van der Waals surface area contributed by atoms with E-state index in [9.17, 15) is 8.60 Å². The van der Waals surface area contributed by atoms with Crippen LogP contribution in [0.1, 0.15) is 5.56 Å². The van der Waals surface area contributed by atoms with Gasteiger partial charge in [-0.2, -0.15) is 0 Å². The number of hydrogen-bond donors (Lipinski definition) is 0. The van der Waals surface area contributed by atoms with Crippen LogP contribution in [0.15, 0.2) is 82.6 Å². The van der Waals surface area contributed by atoms with Crippen LogP contribution in [0.25, 0.3) is 11.1 Å². The molecule has 3 aromatic carbocycles. The molecule has 0 radical (unpaired) electrons. The average Bonchev–Trinajstić information content (AvgIpc) is 2.55. The van der Waals surface area contributed by atoms with Crippen LogP contribution in [0.3, 0.4) is 0 Å². The number of benzene rings is 3. The molecule has 22 heavy (non-hydrogen) atoms. The van der Waals surface area contributed by atoms with E-state index in [4.69, 9.17) is 0 Å². The third kappa shape index (κ3) is 2.85. The maximum atomic E-state index is 14.3. The fourth-order valence-electron chi connectivity index (χ4n) is 2.33. The van der Waals surface area contributed by atoms with Crippen molar-refractivity contribution in [2.45, 2.75) is 16.7 Å². The van der Waals surface area contributed by atoms with E-state index in [0.717, 1.165) is 11.1 Å². The molecule has 3 aromatic rings. The summed E-state index contributed by atoms with van der Waals surface area (Å²) in [5, 5.41) is 0. The van der Waals surface area contributed by atoms with Gasteiger partial charge in [0.15, 0.2) is 0 Å². The minimum atomic E-state index is -1.42. The molecule has 0 saturated carbocycles. The summed E-state index contributed by atoms with van der Waals surface area (Å²) >= 11 is 0. The molecule has 0 fully saturated rings. The Bertz CT molecular complexity index is 811. The molecule has 1 nitrogen and oxygen atoms in total. The molecular weight excluding hydrogens is 295 g/mol. The monoisotopic (exact) mass is 310 g/mol. The third-order valence-electron chi connectivity index (χ3n) is 3.47. The summed E-state index contributed by atoms with van der Waals surface area (Å²) in [6.45, 7) is 1.98. The Labute approximate surface area is 131 Å². The summed E-state index contributed by atoms with van der Waals surface area (Å²) in [5.74, 6) is -0.357. The van der Waals surface area contributed by atoms with E-state index < -0.39 is 10.8 Å². The molecule has 0 aliphatic heterocycles. The number of aryl methyl sites for hydroxylation is 1. The molecule has 3 rings (SSSR count). The zero-order valence-electron chi connectivity index (χ0n) is 12.1. The van der Waals surface area contributed by atoms with E-state index in [2.05, 4.69) is 0 Å². The van der Waals surface area contributed by atoms with Gasteiger partial charge in [0.1, 0.15) is 5.82 Å². The second kappa shape index (κ2) is 6.24. The number of halogens is 1. The van der Waals surface area contributed by atoms with Gasteiger partial charge in [-0.3, -0.25) is 0 Å². The van der Waals surface area contributed by atoms with Crippen LogP contribution < -0.4 is 0 Å². The van der Waals surface area contributed by atoms with Gasteiger partial charge in [-0.1, -0.05) is 54.1 Å². The van der Waals surface area contributed by atoms with Gasteiger partial charge in [0.05, 0.1) is 15.7 Å². The summed E-state index contributed by atoms with van der Waals surface area (Å²) in [5.41, 5.74) is 2.24. The molecule has 1 unspecified atom stereocenters. The maximum absolute atomic E-state index is 14.3. The zero-order valence-corrected chi connectivity index (χ0v) is 12.9. The van der Waals surface area contributed by atoms with Gasteiger partial charge in [-0.25, -0.2) is 8.60 Å². The SMILES string of the molecule is Cc1ccc(S(=O)c2cccc(F)c2-c2ccccc2)cc1. The Balaban J connectivity index is 2.13. The van der Waals surface area contributed by atoms with Crippen molar-refractivity contribution < 1.29 is 8.60 Å². The van der Waals surface area contributed by atoms with Crippen molar-refractivity contribution in [2.24, 2.45) is 0 Å². The van der Waals surface area contributed by atoms with Crippen molar-refractivity contribution in [2.75, 3.05) is 0 Å². The fourth-order valence-corrected chi connectivity index (χ4v) is 3.57. The lowest BCUT2D eigenvalue weighted by atomic mass is 10.1. The number of hydrogen-bond acceptors (Lipinski definition) is 1. The van der Waals surface area contributed by atoms with E-state index >= 15 is 0 Å². The minimum Gasteiger partial charge on any atom is -0.249 e. The van der Waals surface area contributed by atoms with Crippen LogP contribution in [0, 0.1) is 12.7 Å². The highest BCUT2D eigenvalue weighted by Gasteiger charge is 2.16. The number of rotatable bonds is 3. The van der Waals surface area contributed by atoms with E-state index in [1.54, 1.807) is 12.1 Å². The van der Waals surface area contributed by atoms with Gasteiger partial charge < -0.3 is 0 Å². The van der Waals surface area contributed by atoms with Crippen molar-refractivity contribution in [1.29, 1.82) is 0 Å². The second-order valence-corrected chi connectivity index (χ2v) is 6.51. The Hall–Kier alpha value is -2.26. The highest BCUT2D eigenvalue weighted by atomic mass is 32.2. The molecule has 1 atom stereocenters. The van der Waals surface area contributed by atoms with Gasteiger partial charge in [0.2, 0.25) is 0 Å². The van der Waals surface area contributed by atoms with Crippen LogP contribution in [0.4, 0.5) is 4.39 Å². The Morgan fingerprint density at radius 2 is 1.50 bits per heavy atom. The van der Waals surface area contributed by atoms with E-state index in [1.807, 2.05) is 61.5 Å². The highest BCUT2D eigenvalue weighted by molar-refractivity contribution is 7.85. The largest absolute Gasteiger partial charge is 0.249 e. The van der Waals surface area contributed by atoms with Crippen LogP contribution >= 0.6 is 0 Å². The molecule has 0 aliphatic carbocycles. The van der Waals surface area contributed by atoms with Crippen LogP contribution in [0.2, 0.25) is 0 Å². The molecule has 0 aliphatic rings. The second-order valence-electron chi connectivity index (χ2n) is 5.06. The van der Waals surface area contributed by atoms with Crippen molar-refractivity contribution in [1.82, 2.24) is 0 Å². The zero-order chi connectivity index (χ0) is 15.5. The summed E-state index contributed by atoms with van der Waals surface area (Å²) in [4.78, 5) is 1.17. The van der Waals surface area contributed by atoms with Crippen molar-refractivity contribution in [3.05, 3.63) is 84.2 Å². The predicted molar refractivity (Wildman–Crippen MR) is 87.7 cm³/mol. The molecule has 0 bridgehead atoms. The lowest BCUT2D eigenvalue weighted by Gasteiger charge is -2.11. The topological polar surface area (TPSA) is 17.1 Å². The molecule has 0 aromatic heterocycles. The van der Waals surface area contributed by atoms with E-state index in [-0.39, 0.29) is 5.82 Å². The smallest absolute Gasteiger partial charge is 0.132 e. The predicted octanol–water partition coefficient (Wildman–Crippen LogP) is 4.97. The Morgan fingerprint density at radius 1 is 0.818 bits per heavy atom. The Morgan fingerprint density at radius 3 is 2.18 bits per heavy atom. The van der Waals surface area contributed by atoms with Crippen LogP contribution in [-0.2, 0) is 10.8 Å². The lowest BCUT2D eigenvalue weighted by Crippen LogP contribution is -1.98. The molecule has 0 amide bonds. The summed E-state index contributed by atoms with van der Waals surface area (Å²) < 4.78 is 27.2. The van der Waals surface area contributed by atoms with Crippen molar-refractivity contribution in [3.63, 3.8) is 0 Å². The first-order chi connectivity index (χ1) is 10.7. The van der Waals surface area contributed by atoms with Crippen LogP contribution in [0.5, 0.6) is 0 Å². The average molecular weight is 310 g/mol. The van der Waals surface area contributed by atoms with Gasteiger partial charge in [0, 0.05) is 10.5 Å². The highest BCUT2D eigenvalue weighted by Crippen LogP contribution is 2.31. The third-order valence-corrected chi connectivity index (χ3v) is 4.91.